The highest BCUT2D eigenvalue weighted by Gasteiger charge is 2.25. The first-order valence-corrected chi connectivity index (χ1v) is 8.26. The fraction of sp³-hybridized carbons (Fsp3) is 0.471. The summed E-state index contributed by atoms with van der Waals surface area (Å²) in [6.07, 6.45) is 2.05. The molecule has 1 heterocycles. The largest absolute Gasteiger partial charge is 0.493 e. The van der Waals surface area contributed by atoms with E-state index in [4.69, 9.17) is 9.47 Å². The number of carbonyl (C=O) groups is 1. The molecule has 0 unspecified atom stereocenters. The minimum atomic E-state index is -0.278. The maximum atomic E-state index is 12.4. The molecule has 134 valence electrons. The average molecular weight is 346 g/mol. The Labute approximate surface area is 145 Å². The van der Waals surface area contributed by atoms with Crippen molar-refractivity contribution < 1.29 is 14.3 Å². The summed E-state index contributed by atoms with van der Waals surface area (Å²) in [5, 5.41) is 3.35. The predicted molar refractivity (Wildman–Crippen MR) is 93.1 cm³/mol. The number of fused-ring (bicyclic) bond motifs is 1. The number of nitrogens with zero attached hydrogens (tertiary/aromatic N) is 2. The first-order chi connectivity index (χ1) is 12.0. The normalized spacial score (nSPS) is 13.6. The van der Waals surface area contributed by atoms with Crippen LogP contribution in [0.25, 0.3) is 10.9 Å². The van der Waals surface area contributed by atoms with Crippen molar-refractivity contribution in [2.45, 2.75) is 32.4 Å². The van der Waals surface area contributed by atoms with E-state index in [1.807, 2.05) is 6.92 Å². The van der Waals surface area contributed by atoms with Crippen LogP contribution in [0.2, 0.25) is 0 Å². The smallest absolute Gasteiger partial charge is 0.318 e. The molecule has 2 amide bonds. The number of aromatic amines is 1. The zero-order chi connectivity index (χ0) is 18.0. The number of H-pyrrole nitrogens is 1. The molecule has 1 aromatic heterocycles. The van der Waals surface area contributed by atoms with Crippen molar-refractivity contribution >= 4 is 16.9 Å². The van der Waals surface area contributed by atoms with E-state index in [0.717, 1.165) is 12.8 Å². The van der Waals surface area contributed by atoms with Gasteiger partial charge in [-0.3, -0.25) is 4.79 Å². The quantitative estimate of drug-likeness (QED) is 0.829. The Balaban J connectivity index is 1.90. The summed E-state index contributed by atoms with van der Waals surface area (Å²) < 4.78 is 10.5. The van der Waals surface area contributed by atoms with Gasteiger partial charge in [-0.1, -0.05) is 0 Å². The Morgan fingerprint density at radius 1 is 1.32 bits per heavy atom. The second kappa shape index (κ2) is 7.00. The third kappa shape index (κ3) is 3.67. The van der Waals surface area contributed by atoms with Crippen molar-refractivity contribution in [2.24, 2.45) is 0 Å². The molecule has 0 radical (unpaired) electrons. The van der Waals surface area contributed by atoms with Gasteiger partial charge in [-0.15, -0.1) is 0 Å². The molecule has 0 saturated heterocycles. The number of ether oxygens (including phenoxy) is 2. The van der Waals surface area contributed by atoms with Crippen molar-refractivity contribution in [2.75, 3.05) is 20.8 Å². The number of urea groups is 1. The molecular formula is C17H22N4O4. The van der Waals surface area contributed by atoms with E-state index in [-0.39, 0.29) is 24.2 Å². The number of benzene rings is 1. The van der Waals surface area contributed by atoms with E-state index < -0.39 is 0 Å². The van der Waals surface area contributed by atoms with E-state index in [9.17, 15) is 9.59 Å². The summed E-state index contributed by atoms with van der Waals surface area (Å²) >= 11 is 0. The fourth-order valence-electron chi connectivity index (χ4n) is 2.59. The van der Waals surface area contributed by atoms with Gasteiger partial charge >= 0.3 is 6.03 Å². The lowest BCUT2D eigenvalue weighted by Gasteiger charge is -2.21. The van der Waals surface area contributed by atoms with E-state index >= 15 is 0 Å². The van der Waals surface area contributed by atoms with Crippen molar-refractivity contribution in [1.29, 1.82) is 0 Å². The molecule has 2 N–H and O–H groups in total. The van der Waals surface area contributed by atoms with Crippen LogP contribution in [-0.2, 0) is 6.54 Å². The van der Waals surface area contributed by atoms with Crippen molar-refractivity contribution in [3.8, 4) is 11.5 Å². The Kier molecular flexibility index (Phi) is 4.78. The molecule has 1 aromatic carbocycles. The molecular weight excluding hydrogens is 324 g/mol. The van der Waals surface area contributed by atoms with E-state index in [2.05, 4.69) is 15.3 Å². The first-order valence-electron chi connectivity index (χ1n) is 8.26. The Morgan fingerprint density at radius 2 is 2.00 bits per heavy atom. The topological polar surface area (TPSA) is 96.6 Å². The summed E-state index contributed by atoms with van der Waals surface area (Å²) in [6.45, 7) is 2.64. The highest BCUT2D eigenvalue weighted by molar-refractivity contribution is 5.82. The van der Waals surface area contributed by atoms with Crippen LogP contribution in [0.3, 0.4) is 0 Å². The number of hydrogen-bond acceptors (Lipinski definition) is 5. The zero-order valence-corrected chi connectivity index (χ0v) is 14.6. The first kappa shape index (κ1) is 17.1. The monoisotopic (exact) mass is 346 g/mol. The number of rotatable bonds is 6. The van der Waals surface area contributed by atoms with Crippen LogP contribution in [0.1, 0.15) is 25.6 Å². The summed E-state index contributed by atoms with van der Waals surface area (Å²) in [7, 11) is 3.04. The van der Waals surface area contributed by atoms with Gasteiger partial charge in [0.05, 0.1) is 31.7 Å². The molecule has 1 aliphatic carbocycles. The molecule has 3 rings (SSSR count). The second-order valence-electron chi connectivity index (χ2n) is 5.97. The average Bonchev–Trinajstić information content (AvgIpc) is 3.42. The SMILES string of the molecule is CCN(Cc1nc2cc(OC)c(OC)cc2c(=O)[nH]1)C(=O)NC1CC1. The summed E-state index contributed by atoms with van der Waals surface area (Å²) in [5.41, 5.74) is 0.217. The van der Waals surface area contributed by atoms with E-state index in [1.54, 1.807) is 17.0 Å². The summed E-state index contributed by atoms with van der Waals surface area (Å²) in [5.74, 6) is 1.39. The highest BCUT2D eigenvalue weighted by Crippen LogP contribution is 2.30. The molecule has 8 nitrogen and oxygen atoms in total. The summed E-state index contributed by atoms with van der Waals surface area (Å²) in [6, 6.07) is 3.40. The number of aromatic nitrogens is 2. The van der Waals surface area contributed by atoms with Crippen molar-refractivity contribution in [3.63, 3.8) is 0 Å². The Bertz CT molecular complexity index is 844. The number of nitrogens with one attached hydrogen (secondary N) is 2. The predicted octanol–water partition coefficient (Wildman–Crippen LogP) is 1.63. The highest BCUT2D eigenvalue weighted by atomic mass is 16.5. The maximum Gasteiger partial charge on any atom is 0.318 e. The van der Waals surface area contributed by atoms with Gasteiger partial charge in [-0.2, -0.15) is 0 Å². The maximum absolute atomic E-state index is 12.4. The van der Waals surface area contributed by atoms with Crippen molar-refractivity contribution in [1.82, 2.24) is 20.2 Å². The zero-order valence-electron chi connectivity index (χ0n) is 14.6. The lowest BCUT2D eigenvalue weighted by molar-refractivity contribution is 0.196. The molecule has 2 aromatic rings. The van der Waals surface area contributed by atoms with Crippen LogP contribution in [0.5, 0.6) is 11.5 Å². The molecule has 0 atom stereocenters. The number of carbonyl (C=O) groups excluding carboxylic acids is 1. The second-order valence-corrected chi connectivity index (χ2v) is 5.97. The number of amides is 2. The van der Waals surface area contributed by atoms with Crippen LogP contribution in [0, 0.1) is 0 Å². The van der Waals surface area contributed by atoms with Crippen molar-refractivity contribution in [3.05, 3.63) is 28.3 Å². The van der Waals surface area contributed by atoms with Gasteiger partial charge < -0.3 is 24.7 Å². The molecule has 1 aliphatic rings. The van der Waals surface area contributed by atoms with E-state index in [1.165, 1.54) is 14.2 Å². The molecule has 1 saturated carbocycles. The number of hydrogen-bond donors (Lipinski definition) is 2. The van der Waals surface area contributed by atoms with E-state index in [0.29, 0.717) is 34.8 Å². The van der Waals surface area contributed by atoms with Gasteiger partial charge in [0.25, 0.3) is 5.56 Å². The lowest BCUT2D eigenvalue weighted by atomic mass is 10.2. The van der Waals surface area contributed by atoms with Crippen LogP contribution < -0.4 is 20.3 Å². The van der Waals surface area contributed by atoms with Gasteiger partial charge in [0, 0.05) is 18.7 Å². The molecule has 25 heavy (non-hydrogen) atoms. The molecule has 0 aliphatic heterocycles. The molecule has 0 bridgehead atoms. The minimum absolute atomic E-state index is 0.139. The van der Waals surface area contributed by atoms with Crippen LogP contribution in [0.15, 0.2) is 16.9 Å². The van der Waals surface area contributed by atoms with Gasteiger partial charge in [0.15, 0.2) is 11.5 Å². The van der Waals surface area contributed by atoms with Gasteiger partial charge in [-0.05, 0) is 25.8 Å². The van der Waals surface area contributed by atoms with Gasteiger partial charge in [-0.25, -0.2) is 9.78 Å². The molecule has 8 heteroatoms. The third-order valence-corrected chi connectivity index (χ3v) is 4.17. The minimum Gasteiger partial charge on any atom is -0.493 e. The van der Waals surface area contributed by atoms with Crippen LogP contribution in [-0.4, -0.2) is 47.7 Å². The standard InChI is InChI=1S/C17H22N4O4/c1-4-21(17(23)18-10-5-6-10)9-15-19-12-8-14(25-3)13(24-2)7-11(12)16(22)20-15/h7-8,10H,4-6,9H2,1-3H3,(H,18,23)(H,19,20,22). The van der Waals surface area contributed by atoms with Gasteiger partial charge in [0.1, 0.15) is 5.82 Å². The lowest BCUT2D eigenvalue weighted by Crippen LogP contribution is -2.41. The van der Waals surface area contributed by atoms with Gasteiger partial charge in [0.2, 0.25) is 0 Å². The molecule has 0 spiro atoms. The molecule has 1 fully saturated rings. The Hall–Kier alpha value is -2.77. The number of methoxy groups -OCH3 is 2. The van der Waals surface area contributed by atoms with Crippen LogP contribution in [0.4, 0.5) is 4.79 Å². The third-order valence-electron chi connectivity index (χ3n) is 4.17. The summed E-state index contributed by atoms with van der Waals surface area (Å²) in [4.78, 5) is 33.4. The fourth-order valence-corrected chi connectivity index (χ4v) is 2.59. The Morgan fingerprint density at radius 3 is 2.60 bits per heavy atom. The van der Waals surface area contributed by atoms with Crippen LogP contribution >= 0.6 is 0 Å².